The first-order chi connectivity index (χ1) is 9.32. The summed E-state index contributed by atoms with van der Waals surface area (Å²) in [6.07, 6.45) is 0.593. The topological polar surface area (TPSA) is 63.7 Å². The van der Waals surface area contributed by atoms with Gasteiger partial charge in [0.1, 0.15) is 6.54 Å². The molecule has 0 aliphatic rings. The maximum absolute atomic E-state index is 12.6. The lowest BCUT2D eigenvalue weighted by Gasteiger charge is -2.21. The quantitative estimate of drug-likeness (QED) is 0.754. The molecule has 0 unspecified atom stereocenters. The van der Waals surface area contributed by atoms with Crippen LogP contribution in [0.1, 0.15) is 18.9 Å². The number of rotatable bonds is 6. The molecule has 1 aromatic rings. The summed E-state index contributed by atoms with van der Waals surface area (Å²) in [5.74, 6) is -0.596. The largest absolute Gasteiger partial charge is 0.468 e. The van der Waals surface area contributed by atoms with E-state index < -0.39 is 16.0 Å². The van der Waals surface area contributed by atoms with Gasteiger partial charge >= 0.3 is 5.97 Å². The molecule has 0 aromatic heterocycles. The number of halogens is 1. The summed E-state index contributed by atoms with van der Waals surface area (Å²) < 4.78 is 30.9. The summed E-state index contributed by atoms with van der Waals surface area (Å²) >= 11 is 5.86. The minimum atomic E-state index is -3.77. The highest BCUT2D eigenvalue weighted by Crippen LogP contribution is 2.23. The highest BCUT2D eigenvalue weighted by Gasteiger charge is 2.27. The molecule has 1 aromatic carbocycles. The normalized spacial score (nSPS) is 11.7. The van der Waals surface area contributed by atoms with Crippen LogP contribution in [0.25, 0.3) is 0 Å². The Morgan fingerprint density at radius 3 is 2.60 bits per heavy atom. The fourth-order valence-electron chi connectivity index (χ4n) is 1.73. The van der Waals surface area contributed by atoms with Crippen LogP contribution in [0.5, 0.6) is 0 Å². The average Bonchev–Trinajstić information content (AvgIpc) is 2.40. The van der Waals surface area contributed by atoms with E-state index in [9.17, 15) is 13.2 Å². The molecule has 0 aliphatic carbocycles. The van der Waals surface area contributed by atoms with Crippen LogP contribution in [-0.4, -0.2) is 38.9 Å². The van der Waals surface area contributed by atoms with Crippen molar-refractivity contribution in [2.75, 3.05) is 20.2 Å². The van der Waals surface area contributed by atoms with Gasteiger partial charge in [0.25, 0.3) is 0 Å². The molecule has 0 radical (unpaired) electrons. The predicted molar refractivity (Wildman–Crippen MR) is 77.3 cm³/mol. The van der Waals surface area contributed by atoms with E-state index in [1.807, 2.05) is 6.92 Å². The van der Waals surface area contributed by atoms with Gasteiger partial charge in [-0.2, -0.15) is 4.31 Å². The molecule has 0 atom stereocenters. The smallest absolute Gasteiger partial charge is 0.321 e. The molecular formula is C13H18ClNO4S. The van der Waals surface area contributed by atoms with Crippen LogP contribution in [0.4, 0.5) is 0 Å². The van der Waals surface area contributed by atoms with E-state index in [-0.39, 0.29) is 18.0 Å². The van der Waals surface area contributed by atoms with Crippen LogP contribution < -0.4 is 0 Å². The van der Waals surface area contributed by atoms with Crippen LogP contribution in [0.15, 0.2) is 23.1 Å². The van der Waals surface area contributed by atoms with Gasteiger partial charge in [-0.3, -0.25) is 4.79 Å². The zero-order valence-corrected chi connectivity index (χ0v) is 13.3. The first kappa shape index (κ1) is 16.9. The van der Waals surface area contributed by atoms with Crippen molar-refractivity contribution in [3.8, 4) is 0 Å². The lowest BCUT2D eigenvalue weighted by molar-refractivity contribution is -0.140. The summed E-state index contributed by atoms with van der Waals surface area (Å²) in [6, 6.07) is 4.66. The van der Waals surface area contributed by atoms with Crippen molar-refractivity contribution < 1.29 is 17.9 Å². The van der Waals surface area contributed by atoms with E-state index in [1.54, 1.807) is 19.1 Å². The van der Waals surface area contributed by atoms with Crippen molar-refractivity contribution >= 4 is 27.6 Å². The number of sulfonamides is 1. The molecule has 0 fully saturated rings. The lowest BCUT2D eigenvalue weighted by Crippen LogP contribution is -2.37. The molecular weight excluding hydrogens is 302 g/mol. The Morgan fingerprint density at radius 2 is 2.05 bits per heavy atom. The second-order valence-corrected chi connectivity index (χ2v) is 6.67. The molecule has 0 aliphatic heterocycles. The van der Waals surface area contributed by atoms with E-state index in [1.165, 1.54) is 13.2 Å². The van der Waals surface area contributed by atoms with Crippen molar-refractivity contribution in [1.82, 2.24) is 4.31 Å². The Morgan fingerprint density at radius 1 is 1.40 bits per heavy atom. The molecule has 0 saturated carbocycles. The fourth-order valence-corrected chi connectivity index (χ4v) is 3.70. The molecule has 0 N–H and O–H groups in total. The maximum atomic E-state index is 12.6. The second-order valence-electron chi connectivity index (χ2n) is 4.32. The highest BCUT2D eigenvalue weighted by molar-refractivity contribution is 7.89. The first-order valence-electron chi connectivity index (χ1n) is 6.16. The number of aryl methyl sites for hydroxylation is 1. The van der Waals surface area contributed by atoms with Crippen molar-refractivity contribution in [3.05, 3.63) is 28.8 Å². The monoisotopic (exact) mass is 319 g/mol. The van der Waals surface area contributed by atoms with Crippen molar-refractivity contribution in [2.45, 2.75) is 25.2 Å². The number of carbonyl (C=O) groups is 1. The van der Waals surface area contributed by atoms with Gasteiger partial charge < -0.3 is 4.74 Å². The van der Waals surface area contributed by atoms with E-state index in [2.05, 4.69) is 4.74 Å². The molecule has 0 heterocycles. The number of ether oxygens (including phenoxy) is 1. The van der Waals surface area contributed by atoms with Gasteiger partial charge in [0.15, 0.2) is 0 Å². The van der Waals surface area contributed by atoms with Gasteiger partial charge in [-0.25, -0.2) is 8.42 Å². The van der Waals surface area contributed by atoms with Crippen molar-refractivity contribution in [1.29, 1.82) is 0 Å². The molecule has 5 nitrogen and oxygen atoms in total. The summed E-state index contributed by atoms with van der Waals surface area (Å²) in [4.78, 5) is 11.5. The lowest BCUT2D eigenvalue weighted by atomic mass is 10.2. The summed E-state index contributed by atoms with van der Waals surface area (Å²) in [5, 5.41) is 0.337. The number of hydrogen-bond donors (Lipinski definition) is 0. The van der Waals surface area contributed by atoms with Crippen LogP contribution in [0.3, 0.4) is 0 Å². The van der Waals surface area contributed by atoms with E-state index in [4.69, 9.17) is 11.6 Å². The predicted octanol–water partition coefficient (Wildman–Crippen LogP) is 2.22. The number of methoxy groups -OCH3 is 1. The molecule has 1 rings (SSSR count). The highest BCUT2D eigenvalue weighted by atomic mass is 35.5. The fraction of sp³-hybridized carbons (Fsp3) is 0.462. The third-order valence-corrected chi connectivity index (χ3v) is 5.00. The zero-order chi connectivity index (χ0) is 15.3. The standard InChI is InChI=1S/C13H18ClNO4S/c1-4-7-15(9-13(16)19-3)20(17,18)12-8-11(14)6-5-10(12)2/h5-6,8H,4,7,9H2,1-3H3. The third-order valence-electron chi connectivity index (χ3n) is 2.77. The van der Waals surface area contributed by atoms with Gasteiger partial charge in [-0.15, -0.1) is 0 Å². The van der Waals surface area contributed by atoms with Crippen LogP contribution in [-0.2, 0) is 19.6 Å². The number of nitrogens with zero attached hydrogens (tertiary/aromatic N) is 1. The van der Waals surface area contributed by atoms with Gasteiger partial charge in [0, 0.05) is 11.6 Å². The molecule has 20 heavy (non-hydrogen) atoms. The number of carbonyl (C=O) groups excluding carboxylic acids is 1. The molecule has 7 heteroatoms. The van der Waals surface area contributed by atoms with Crippen LogP contribution in [0.2, 0.25) is 5.02 Å². The van der Waals surface area contributed by atoms with Crippen molar-refractivity contribution in [2.24, 2.45) is 0 Å². The third kappa shape index (κ3) is 3.94. The van der Waals surface area contributed by atoms with E-state index in [0.717, 1.165) is 4.31 Å². The number of esters is 1. The Balaban J connectivity index is 3.22. The zero-order valence-electron chi connectivity index (χ0n) is 11.7. The van der Waals surface area contributed by atoms with Crippen molar-refractivity contribution in [3.63, 3.8) is 0 Å². The van der Waals surface area contributed by atoms with Crippen LogP contribution >= 0.6 is 11.6 Å². The molecule has 0 bridgehead atoms. The van der Waals surface area contributed by atoms with Gasteiger partial charge in [0.05, 0.1) is 12.0 Å². The average molecular weight is 320 g/mol. The summed E-state index contributed by atoms with van der Waals surface area (Å²) in [5.41, 5.74) is 0.584. The van der Waals surface area contributed by atoms with Gasteiger partial charge in [-0.1, -0.05) is 24.6 Å². The van der Waals surface area contributed by atoms with E-state index >= 15 is 0 Å². The minimum Gasteiger partial charge on any atom is -0.468 e. The maximum Gasteiger partial charge on any atom is 0.321 e. The number of benzene rings is 1. The van der Waals surface area contributed by atoms with Gasteiger partial charge in [-0.05, 0) is 31.0 Å². The Labute approximate surface area is 124 Å². The molecule has 112 valence electrons. The first-order valence-corrected chi connectivity index (χ1v) is 7.97. The Hall–Kier alpha value is -1.11. The molecule has 0 spiro atoms. The second kappa shape index (κ2) is 7.06. The van der Waals surface area contributed by atoms with Crippen LogP contribution in [0, 0.1) is 6.92 Å². The van der Waals surface area contributed by atoms with E-state index in [0.29, 0.717) is 17.0 Å². The Bertz CT molecular complexity index is 586. The molecule has 0 saturated heterocycles. The Kier molecular flexibility index (Phi) is 5.98. The minimum absolute atomic E-state index is 0.113. The SMILES string of the molecule is CCCN(CC(=O)OC)S(=O)(=O)c1cc(Cl)ccc1C. The molecule has 0 amide bonds. The number of hydrogen-bond acceptors (Lipinski definition) is 4. The summed E-state index contributed by atoms with van der Waals surface area (Å²) in [6.45, 7) is 3.46. The van der Waals surface area contributed by atoms with Gasteiger partial charge in [0.2, 0.25) is 10.0 Å². The summed E-state index contributed by atoms with van der Waals surface area (Å²) in [7, 11) is -2.55.